The van der Waals surface area contributed by atoms with Gasteiger partial charge in [0.05, 0.1) is 18.8 Å². The Labute approximate surface area is 158 Å². The Hall–Kier alpha value is -1.40. The molecular formula is C20H38N2O4. The first kappa shape index (κ1) is 24.6. The molecule has 3 N–H and O–H groups in total. The monoisotopic (exact) mass is 370 g/mol. The minimum absolute atomic E-state index is 0.00356. The lowest BCUT2D eigenvalue weighted by atomic mass is 10.1. The first-order valence-corrected chi connectivity index (χ1v) is 9.92. The maximum absolute atomic E-state index is 11.5. The number of rotatable bonds is 17. The van der Waals surface area contributed by atoms with Crippen LogP contribution in [-0.4, -0.2) is 43.8 Å². The van der Waals surface area contributed by atoms with Crippen LogP contribution in [0.4, 0.5) is 4.79 Å². The van der Waals surface area contributed by atoms with Gasteiger partial charge < -0.3 is 20.5 Å². The number of ketones is 1. The molecular weight excluding hydrogens is 332 g/mol. The number of nitrogens with two attached hydrogens (primary N) is 1. The molecule has 0 aliphatic rings. The molecule has 0 aromatic rings. The lowest BCUT2D eigenvalue weighted by molar-refractivity contribution is -0.118. The summed E-state index contributed by atoms with van der Waals surface area (Å²) in [4.78, 5) is 22.5. The van der Waals surface area contributed by atoms with Crippen molar-refractivity contribution in [3.05, 3.63) is 12.7 Å². The Morgan fingerprint density at radius 2 is 1.77 bits per heavy atom. The van der Waals surface area contributed by atoms with E-state index in [4.69, 9.17) is 15.2 Å². The van der Waals surface area contributed by atoms with Gasteiger partial charge in [0.2, 0.25) is 0 Å². The zero-order chi connectivity index (χ0) is 19.6. The van der Waals surface area contributed by atoms with E-state index in [1.54, 1.807) is 0 Å². The maximum Gasteiger partial charge on any atom is 0.407 e. The van der Waals surface area contributed by atoms with Gasteiger partial charge in [0.25, 0.3) is 0 Å². The number of unbranched alkanes of at least 4 members (excludes halogenated alkanes) is 5. The zero-order valence-electron chi connectivity index (χ0n) is 16.6. The number of hydrogen-bond donors (Lipinski definition) is 2. The third-order valence-corrected chi connectivity index (χ3v) is 4.24. The van der Waals surface area contributed by atoms with Gasteiger partial charge in [0.15, 0.2) is 0 Å². The van der Waals surface area contributed by atoms with Gasteiger partial charge in [-0.3, -0.25) is 4.79 Å². The van der Waals surface area contributed by atoms with Crippen LogP contribution in [-0.2, 0) is 14.3 Å². The summed E-state index contributed by atoms with van der Waals surface area (Å²) in [5.41, 5.74) is 5.64. The van der Waals surface area contributed by atoms with Crippen molar-refractivity contribution in [2.75, 3.05) is 19.8 Å². The van der Waals surface area contributed by atoms with E-state index in [9.17, 15) is 9.59 Å². The Morgan fingerprint density at radius 1 is 1.08 bits per heavy atom. The van der Waals surface area contributed by atoms with Crippen molar-refractivity contribution in [2.45, 2.75) is 83.8 Å². The summed E-state index contributed by atoms with van der Waals surface area (Å²) in [6.07, 6.45) is 10.7. The minimum atomic E-state index is -0.445. The highest BCUT2D eigenvalue weighted by Crippen LogP contribution is 2.10. The molecule has 0 rings (SSSR count). The fraction of sp³-hybridized carbons (Fsp3) is 0.800. The number of Topliss-reactive ketones (excluding diaryl/α,β-unsaturated/α-hetero) is 1. The van der Waals surface area contributed by atoms with Crippen LogP contribution in [0, 0.1) is 0 Å². The summed E-state index contributed by atoms with van der Waals surface area (Å²) < 4.78 is 10.7. The molecule has 0 saturated heterocycles. The summed E-state index contributed by atoms with van der Waals surface area (Å²) in [5.74, 6) is -0.00356. The highest BCUT2D eigenvalue weighted by atomic mass is 16.6. The van der Waals surface area contributed by atoms with Crippen molar-refractivity contribution in [2.24, 2.45) is 5.73 Å². The molecule has 0 fully saturated rings. The molecule has 0 aromatic heterocycles. The van der Waals surface area contributed by atoms with E-state index in [0.717, 1.165) is 25.7 Å². The van der Waals surface area contributed by atoms with Gasteiger partial charge in [-0.25, -0.2) is 4.79 Å². The predicted octanol–water partition coefficient (Wildman–Crippen LogP) is 3.73. The summed E-state index contributed by atoms with van der Waals surface area (Å²) in [5, 5.41) is 2.68. The number of ether oxygens (including phenoxy) is 2. The molecule has 26 heavy (non-hydrogen) atoms. The molecule has 0 aliphatic heterocycles. The highest BCUT2D eigenvalue weighted by molar-refractivity contribution is 5.81. The zero-order valence-corrected chi connectivity index (χ0v) is 16.6. The maximum atomic E-state index is 11.5. The fourth-order valence-electron chi connectivity index (χ4n) is 2.49. The van der Waals surface area contributed by atoms with Gasteiger partial charge in [-0.1, -0.05) is 45.1 Å². The van der Waals surface area contributed by atoms with Gasteiger partial charge in [0, 0.05) is 6.54 Å². The third kappa shape index (κ3) is 14.9. The molecule has 0 bridgehead atoms. The standard InChI is InChI=1S/C20H38N2O4/c1-4-6-7-8-9-12-18(5-2)25-15-16-26-20(24)22-14-11-10-13-19(21)17(3)23/h5,18-19H,2,4,6-16,21H2,1,3H3,(H,22,24). The van der Waals surface area contributed by atoms with Crippen LogP contribution in [0.15, 0.2) is 12.7 Å². The highest BCUT2D eigenvalue weighted by Gasteiger charge is 2.08. The number of carbonyl (C=O) groups is 2. The Kier molecular flexibility index (Phi) is 16.1. The van der Waals surface area contributed by atoms with E-state index < -0.39 is 12.1 Å². The van der Waals surface area contributed by atoms with Crippen LogP contribution in [0.3, 0.4) is 0 Å². The largest absolute Gasteiger partial charge is 0.447 e. The molecule has 6 nitrogen and oxygen atoms in total. The van der Waals surface area contributed by atoms with E-state index in [2.05, 4.69) is 18.8 Å². The quantitative estimate of drug-likeness (QED) is 0.301. The first-order chi connectivity index (χ1) is 12.5. The molecule has 0 saturated carbocycles. The Morgan fingerprint density at radius 3 is 2.42 bits per heavy atom. The number of amides is 1. The summed E-state index contributed by atoms with van der Waals surface area (Å²) in [6.45, 7) is 8.59. The number of nitrogens with one attached hydrogen (secondary N) is 1. The molecule has 1 amide bonds. The van der Waals surface area contributed by atoms with Gasteiger partial charge in [-0.2, -0.15) is 0 Å². The third-order valence-electron chi connectivity index (χ3n) is 4.24. The summed E-state index contributed by atoms with van der Waals surface area (Å²) >= 11 is 0. The van der Waals surface area contributed by atoms with Crippen molar-refractivity contribution in [3.63, 3.8) is 0 Å². The van der Waals surface area contributed by atoms with E-state index >= 15 is 0 Å². The smallest absolute Gasteiger partial charge is 0.407 e. The lowest BCUT2D eigenvalue weighted by Crippen LogP contribution is -2.29. The molecule has 2 atom stereocenters. The minimum Gasteiger partial charge on any atom is -0.447 e. The molecule has 152 valence electrons. The lowest BCUT2D eigenvalue weighted by Gasteiger charge is -2.14. The van der Waals surface area contributed by atoms with Gasteiger partial charge in [-0.15, -0.1) is 6.58 Å². The predicted molar refractivity (Wildman–Crippen MR) is 105 cm³/mol. The topological polar surface area (TPSA) is 90.7 Å². The normalized spacial score (nSPS) is 13.0. The average molecular weight is 371 g/mol. The van der Waals surface area contributed by atoms with Crippen LogP contribution in [0.25, 0.3) is 0 Å². The SMILES string of the molecule is C=CC(CCCCCCC)OCCOC(=O)NCCCCC(N)C(C)=O. The molecule has 2 unspecified atom stereocenters. The summed E-state index contributed by atoms with van der Waals surface area (Å²) in [7, 11) is 0. The molecule has 0 spiro atoms. The van der Waals surface area contributed by atoms with Crippen LogP contribution >= 0.6 is 0 Å². The number of hydrogen-bond acceptors (Lipinski definition) is 5. The van der Waals surface area contributed by atoms with Crippen molar-refractivity contribution in [1.29, 1.82) is 0 Å². The van der Waals surface area contributed by atoms with Crippen molar-refractivity contribution in [3.8, 4) is 0 Å². The Balaban J connectivity index is 3.56. The van der Waals surface area contributed by atoms with Gasteiger partial charge in [0.1, 0.15) is 12.4 Å². The van der Waals surface area contributed by atoms with Gasteiger partial charge >= 0.3 is 6.09 Å². The molecule has 6 heteroatoms. The average Bonchev–Trinajstić information content (AvgIpc) is 2.62. The number of carbonyl (C=O) groups excluding carboxylic acids is 2. The fourth-order valence-corrected chi connectivity index (χ4v) is 2.49. The van der Waals surface area contributed by atoms with Crippen molar-refractivity contribution in [1.82, 2.24) is 5.32 Å². The van der Waals surface area contributed by atoms with E-state index in [-0.39, 0.29) is 18.5 Å². The molecule has 0 radical (unpaired) electrons. The molecule has 0 aromatic carbocycles. The second-order valence-corrected chi connectivity index (χ2v) is 6.62. The van der Waals surface area contributed by atoms with E-state index in [1.165, 1.54) is 32.6 Å². The van der Waals surface area contributed by atoms with Crippen molar-refractivity contribution >= 4 is 11.9 Å². The van der Waals surface area contributed by atoms with E-state index in [1.807, 2.05) is 6.08 Å². The second-order valence-electron chi connectivity index (χ2n) is 6.62. The van der Waals surface area contributed by atoms with Crippen LogP contribution in [0.2, 0.25) is 0 Å². The molecule has 0 aliphatic carbocycles. The first-order valence-electron chi connectivity index (χ1n) is 9.92. The van der Waals surface area contributed by atoms with Crippen LogP contribution in [0.5, 0.6) is 0 Å². The van der Waals surface area contributed by atoms with Gasteiger partial charge in [-0.05, 0) is 32.6 Å². The van der Waals surface area contributed by atoms with E-state index in [0.29, 0.717) is 19.6 Å². The van der Waals surface area contributed by atoms with Crippen LogP contribution in [0.1, 0.15) is 71.6 Å². The summed E-state index contributed by atoms with van der Waals surface area (Å²) in [6, 6.07) is -0.399. The Bertz CT molecular complexity index is 388. The van der Waals surface area contributed by atoms with Crippen molar-refractivity contribution < 1.29 is 19.1 Å². The number of alkyl carbamates (subject to hydrolysis) is 1. The van der Waals surface area contributed by atoms with Crippen LogP contribution < -0.4 is 11.1 Å². The second kappa shape index (κ2) is 17.0. The molecule has 0 heterocycles.